The van der Waals surface area contributed by atoms with Crippen molar-refractivity contribution >= 4 is 21.9 Å². The summed E-state index contributed by atoms with van der Waals surface area (Å²) in [7, 11) is 0. The van der Waals surface area contributed by atoms with Crippen molar-refractivity contribution in [3.05, 3.63) is 27.7 Å². The van der Waals surface area contributed by atoms with Gasteiger partial charge in [-0.2, -0.15) is 0 Å². The van der Waals surface area contributed by atoms with Gasteiger partial charge in [0, 0.05) is 0 Å². The maximum atomic E-state index is 10.5. The van der Waals surface area contributed by atoms with Crippen LogP contribution in [-0.4, -0.2) is 22.2 Å². The van der Waals surface area contributed by atoms with Crippen molar-refractivity contribution in [1.29, 1.82) is 0 Å². The lowest BCUT2D eigenvalue weighted by molar-refractivity contribution is -0.138. The van der Waals surface area contributed by atoms with Gasteiger partial charge >= 0.3 is 5.97 Å². The van der Waals surface area contributed by atoms with Crippen LogP contribution >= 0.6 is 15.9 Å². The molecule has 1 atom stereocenters. The molecule has 5 heteroatoms. The van der Waals surface area contributed by atoms with Crippen molar-refractivity contribution in [2.75, 3.05) is 0 Å². The van der Waals surface area contributed by atoms with Gasteiger partial charge in [0.05, 0.1) is 4.47 Å². The fourth-order valence-electron chi connectivity index (χ4n) is 1.28. The number of phenolic OH excluding ortho intramolecular Hbond substituents is 1. The van der Waals surface area contributed by atoms with Crippen LogP contribution in [0.5, 0.6) is 5.75 Å². The van der Waals surface area contributed by atoms with E-state index in [-0.39, 0.29) is 12.2 Å². The normalized spacial score (nSPS) is 12.5. The molecule has 0 aromatic heterocycles. The summed E-state index contributed by atoms with van der Waals surface area (Å²) in [5.41, 5.74) is 6.95. The lowest BCUT2D eigenvalue weighted by Gasteiger charge is -2.09. The number of benzene rings is 1. The molecule has 0 aliphatic carbocycles. The molecular formula is C10H12BrNO3. The maximum Gasteiger partial charge on any atom is 0.320 e. The summed E-state index contributed by atoms with van der Waals surface area (Å²) in [5, 5.41) is 18.1. The predicted octanol–water partition coefficient (Wildman–Crippen LogP) is 1.42. The van der Waals surface area contributed by atoms with Crippen LogP contribution in [0, 0.1) is 6.92 Å². The Morgan fingerprint density at radius 3 is 2.67 bits per heavy atom. The third-order valence-corrected chi connectivity index (χ3v) is 3.10. The standard InChI is InChI=1S/C10H12BrNO3/c1-5-2-6(3-7(12)10(14)15)4-8(13)9(5)11/h2,4,7,13H,3,12H2,1H3,(H,14,15). The van der Waals surface area contributed by atoms with Crippen LogP contribution < -0.4 is 5.73 Å². The monoisotopic (exact) mass is 273 g/mol. The molecule has 0 bridgehead atoms. The molecule has 0 saturated heterocycles. The van der Waals surface area contributed by atoms with Gasteiger partial charge in [-0.3, -0.25) is 4.79 Å². The fraction of sp³-hybridized carbons (Fsp3) is 0.300. The van der Waals surface area contributed by atoms with Crippen molar-refractivity contribution < 1.29 is 15.0 Å². The smallest absolute Gasteiger partial charge is 0.320 e. The molecule has 0 amide bonds. The Morgan fingerprint density at radius 1 is 1.60 bits per heavy atom. The SMILES string of the molecule is Cc1cc(CC(N)C(=O)O)cc(O)c1Br. The molecule has 1 aromatic carbocycles. The van der Waals surface area contributed by atoms with E-state index >= 15 is 0 Å². The van der Waals surface area contributed by atoms with Crippen molar-refractivity contribution in [3.63, 3.8) is 0 Å². The molecule has 0 spiro atoms. The third-order valence-electron chi connectivity index (χ3n) is 2.07. The molecule has 15 heavy (non-hydrogen) atoms. The zero-order chi connectivity index (χ0) is 11.6. The number of carboxylic acid groups (broad SMARTS) is 1. The molecule has 1 aromatic rings. The Kier molecular flexibility index (Phi) is 3.71. The molecule has 0 saturated carbocycles. The van der Waals surface area contributed by atoms with E-state index in [1.165, 1.54) is 6.07 Å². The second kappa shape index (κ2) is 4.63. The van der Waals surface area contributed by atoms with Crippen LogP contribution in [0.15, 0.2) is 16.6 Å². The summed E-state index contributed by atoms with van der Waals surface area (Å²) in [6, 6.07) is 2.37. The predicted molar refractivity (Wildman–Crippen MR) is 59.9 cm³/mol. The number of halogens is 1. The van der Waals surface area contributed by atoms with Crippen LogP contribution in [0.3, 0.4) is 0 Å². The first-order valence-electron chi connectivity index (χ1n) is 4.38. The van der Waals surface area contributed by atoms with E-state index in [0.717, 1.165) is 5.56 Å². The first-order chi connectivity index (χ1) is 6.91. The van der Waals surface area contributed by atoms with Gasteiger partial charge in [0.2, 0.25) is 0 Å². The van der Waals surface area contributed by atoms with Gasteiger partial charge in [0.15, 0.2) is 0 Å². The van der Waals surface area contributed by atoms with Gasteiger partial charge in [0.25, 0.3) is 0 Å². The number of carbonyl (C=O) groups is 1. The molecule has 0 fully saturated rings. The van der Waals surface area contributed by atoms with Gasteiger partial charge in [-0.25, -0.2) is 0 Å². The highest BCUT2D eigenvalue weighted by atomic mass is 79.9. The molecule has 0 heterocycles. The summed E-state index contributed by atoms with van der Waals surface area (Å²) in [5.74, 6) is -0.947. The fourth-order valence-corrected chi connectivity index (χ4v) is 1.51. The van der Waals surface area contributed by atoms with E-state index in [0.29, 0.717) is 10.0 Å². The molecule has 1 unspecified atom stereocenters. The second-order valence-electron chi connectivity index (χ2n) is 3.39. The molecule has 4 nitrogen and oxygen atoms in total. The number of phenols is 1. The van der Waals surface area contributed by atoms with Crippen molar-refractivity contribution in [2.24, 2.45) is 5.73 Å². The van der Waals surface area contributed by atoms with Gasteiger partial charge in [-0.05, 0) is 46.5 Å². The Morgan fingerprint density at radius 2 is 2.20 bits per heavy atom. The molecular weight excluding hydrogens is 262 g/mol. The Balaban J connectivity index is 2.92. The highest BCUT2D eigenvalue weighted by molar-refractivity contribution is 9.10. The van der Waals surface area contributed by atoms with Gasteiger partial charge in [0.1, 0.15) is 11.8 Å². The molecule has 0 aliphatic heterocycles. The topological polar surface area (TPSA) is 83.6 Å². The number of aliphatic carboxylic acids is 1. The number of rotatable bonds is 3. The van der Waals surface area contributed by atoms with Crippen molar-refractivity contribution in [3.8, 4) is 5.75 Å². The van der Waals surface area contributed by atoms with E-state index in [9.17, 15) is 9.90 Å². The number of hydrogen-bond donors (Lipinski definition) is 3. The second-order valence-corrected chi connectivity index (χ2v) is 4.19. The summed E-state index contributed by atoms with van der Waals surface area (Å²) >= 11 is 3.21. The summed E-state index contributed by atoms with van der Waals surface area (Å²) in [4.78, 5) is 10.5. The summed E-state index contributed by atoms with van der Waals surface area (Å²) < 4.78 is 0.621. The lowest BCUT2D eigenvalue weighted by atomic mass is 10.0. The lowest BCUT2D eigenvalue weighted by Crippen LogP contribution is -2.32. The molecule has 4 N–H and O–H groups in total. The van der Waals surface area contributed by atoms with Crippen molar-refractivity contribution in [2.45, 2.75) is 19.4 Å². The number of aryl methyl sites for hydroxylation is 1. The number of hydrogen-bond acceptors (Lipinski definition) is 3. The Labute approximate surface area is 95.8 Å². The number of carboxylic acids is 1. The zero-order valence-corrected chi connectivity index (χ0v) is 9.78. The van der Waals surface area contributed by atoms with E-state index < -0.39 is 12.0 Å². The van der Waals surface area contributed by atoms with E-state index in [1.54, 1.807) is 6.07 Å². The Hall–Kier alpha value is -1.07. The van der Waals surface area contributed by atoms with Gasteiger partial charge < -0.3 is 15.9 Å². The molecule has 1 rings (SSSR count). The van der Waals surface area contributed by atoms with Crippen LogP contribution in [0.25, 0.3) is 0 Å². The maximum absolute atomic E-state index is 10.5. The quantitative estimate of drug-likeness (QED) is 0.778. The molecule has 82 valence electrons. The average molecular weight is 274 g/mol. The zero-order valence-electron chi connectivity index (χ0n) is 8.20. The van der Waals surface area contributed by atoms with E-state index in [4.69, 9.17) is 10.8 Å². The van der Waals surface area contributed by atoms with Crippen LogP contribution in [-0.2, 0) is 11.2 Å². The van der Waals surface area contributed by atoms with Crippen LogP contribution in [0.1, 0.15) is 11.1 Å². The first kappa shape index (κ1) is 12.0. The Bertz CT molecular complexity index is 369. The molecule has 0 aliphatic rings. The van der Waals surface area contributed by atoms with E-state index in [1.807, 2.05) is 6.92 Å². The van der Waals surface area contributed by atoms with Crippen LogP contribution in [0.2, 0.25) is 0 Å². The van der Waals surface area contributed by atoms with Gasteiger partial charge in [-0.15, -0.1) is 0 Å². The summed E-state index contributed by atoms with van der Waals surface area (Å²) in [6.45, 7) is 1.82. The third kappa shape index (κ3) is 2.94. The minimum Gasteiger partial charge on any atom is -0.507 e. The average Bonchev–Trinajstić information content (AvgIpc) is 2.13. The highest BCUT2D eigenvalue weighted by Crippen LogP contribution is 2.28. The van der Waals surface area contributed by atoms with E-state index in [2.05, 4.69) is 15.9 Å². The highest BCUT2D eigenvalue weighted by Gasteiger charge is 2.13. The number of aromatic hydroxyl groups is 1. The van der Waals surface area contributed by atoms with Gasteiger partial charge in [-0.1, -0.05) is 6.07 Å². The van der Waals surface area contributed by atoms with Crippen molar-refractivity contribution in [1.82, 2.24) is 0 Å². The molecule has 0 radical (unpaired) electrons. The largest absolute Gasteiger partial charge is 0.507 e. The summed E-state index contributed by atoms with van der Waals surface area (Å²) in [6.07, 6.45) is 0.205. The minimum atomic E-state index is -1.05. The first-order valence-corrected chi connectivity index (χ1v) is 5.17. The number of nitrogens with two attached hydrogens (primary N) is 1. The minimum absolute atomic E-state index is 0.0996. The van der Waals surface area contributed by atoms with Crippen LogP contribution in [0.4, 0.5) is 0 Å².